The molecule has 0 bridgehead atoms. The van der Waals surface area contributed by atoms with E-state index in [9.17, 15) is 19.2 Å². The predicted octanol–water partition coefficient (Wildman–Crippen LogP) is 0.673. The van der Waals surface area contributed by atoms with Gasteiger partial charge in [-0.3, -0.25) is 28.3 Å². The first-order valence-electron chi connectivity index (χ1n) is 7.26. The third kappa shape index (κ3) is 2.28. The Morgan fingerprint density at radius 2 is 0.708 bits per heavy atom. The summed E-state index contributed by atoms with van der Waals surface area (Å²) in [5.74, 6) is 0. The third-order valence-corrected chi connectivity index (χ3v) is 3.96. The topological polar surface area (TPSA) is 78.1 Å². The first-order chi connectivity index (χ1) is 11.4. The number of fused-ring (bicyclic) bond motifs is 2. The fourth-order valence-electron chi connectivity index (χ4n) is 2.60. The van der Waals surface area contributed by atoms with Gasteiger partial charge >= 0.3 is 0 Å². The van der Waals surface area contributed by atoms with Crippen LogP contribution in [0.25, 0.3) is 21.5 Å². The zero-order valence-corrected chi connectivity index (χ0v) is 13.1. The number of benzene rings is 2. The summed E-state index contributed by atoms with van der Waals surface area (Å²) in [6.07, 6.45) is 0. The first-order valence-corrected chi connectivity index (χ1v) is 7.26. The molecule has 4 rings (SSSR count). The van der Waals surface area contributed by atoms with Crippen molar-refractivity contribution in [3.05, 3.63) is 89.9 Å². The van der Waals surface area contributed by atoms with Crippen LogP contribution in [0.3, 0.4) is 0 Å². The molecule has 2 aromatic carbocycles. The van der Waals surface area contributed by atoms with E-state index < -0.39 is 22.2 Å². The van der Waals surface area contributed by atoms with Crippen LogP contribution in [0.4, 0.5) is 0 Å². The van der Waals surface area contributed by atoms with Gasteiger partial charge < -0.3 is 0 Å². The van der Waals surface area contributed by atoms with Crippen LogP contribution in [0.5, 0.6) is 0 Å². The van der Waals surface area contributed by atoms with Crippen molar-refractivity contribution in [2.45, 2.75) is 0 Å². The number of hydrogen-bond donors (Lipinski definition) is 0. The summed E-state index contributed by atoms with van der Waals surface area (Å²) in [6.45, 7) is 0. The molecule has 0 N–H and O–H groups in total. The Balaban J connectivity index is 0.000000238. The number of nitrogens with zero attached hydrogens (tertiary/aromatic N) is 2. The van der Waals surface area contributed by atoms with Crippen molar-refractivity contribution in [1.82, 2.24) is 9.13 Å². The Kier molecular flexibility index (Phi) is 3.73. The summed E-state index contributed by atoms with van der Waals surface area (Å²) in [6, 6.07) is 14.7. The highest BCUT2D eigenvalue weighted by Gasteiger charge is 2.16. The van der Waals surface area contributed by atoms with E-state index in [1.807, 2.05) is 36.4 Å². The van der Waals surface area contributed by atoms with Crippen molar-refractivity contribution in [3.63, 3.8) is 0 Å². The van der Waals surface area contributed by atoms with E-state index in [1.54, 1.807) is 0 Å². The average Bonchev–Trinajstić information content (AvgIpc) is 2.97. The Morgan fingerprint density at radius 1 is 0.500 bits per heavy atom. The molecule has 0 spiro atoms. The second-order valence-corrected chi connectivity index (χ2v) is 5.44. The van der Waals surface area contributed by atoms with Crippen molar-refractivity contribution in [2.75, 3.05) is 0 Å². The molecular weight excluding hydrogens is 308 g/mol. The van der Waals surface area contributed by atoms with Crippen LogP contribution in [0.1, 0.15) is 0 Å². The van der Waals surface area contributed by atoms with Gasteiger partial charge in [0.05, 0.1) is 21.5 Å². The largest absolute Gasteiger partial charge is 0.277 e. The normalized spacial score (nSPS) is 10.8. The fourth-order valence-corrected chi connectivity index (χ4v) is 2.60. The molecule has 0 aliphatic rings. The summed E-state index contributed by atoms with van der Waals surface area (Å²) >= 11 is 0. The van der Waals surface area contributed by atoms with Gasteiger partial charge in [-0.05, 0) is 12.1 Å². The molecule has 24 heavy (non-hydrogen) atoms. The highest BCUT2D eigenvalue weighted by Crippen LogP contribution is 2.13. The molecule has 120 valence electrons. The fraction of sp³-hybridized carbons (Fsp3) is 0.111. The Labute approximate surface area is 135 Å². The maximum Gasteiger partial charge on any atom is 0.261 e. The molecule has 0 fully saturated rings. The minimum atomic E-state index is -0.451. The van der Waals surface area contributed by atoms with Crippen molar-refractivity contribution in [3.8, 4) is 0 Å². The number of hydrogen-bond acceptors (Lipinski definition) is 4. The van der Waals surface area contributed by atoms with Gasteiger partial charge in [-0.15, -0.1) is 0 Å². The minimum Gasteiger partial charge on any atom is -0.277 e. The van der Waals surface area contributed by atoms with Gasteiger partial charge in [0.1, 0.15) is 0 Å². The van der Waals surface area contributed by atoms with Gasteiger partial charge in [0.2, 0.25) is 0 Å². The molecule has 0 amide bonds. The van der Waals surface area contributed by atoms with Crippen LogP contribution in [-0.2, 0) is 14.1 Å². The molecule has 0 aliphatic carbocycles. The zero-order chi connectivity index (χ0) is 17.4. The van der Waals surface area contributed by atoms with Crippen molar-refractivity contribution in [2.24, 2.45) is 14.1 Å². The molecule has 2 heterocycles. The van der Waals surface area contributed by atoms with E-state index >= 15 is 0 Å². The Morgan fingerprint density at radius 3 is 0.917 bits per heavy atom. The van der Waals surface area contributed by atoms with Crippen LogP contribution < -0.4 is 22.2 Å². The molecule has 0 atom stereocenters. The Bertz CT molecular complexity index is 1050. The summed E-state index contributed by atoms with van der Waals surface area (Å²) in [4.78, 5) is 47.1. The SMILES string of the molecule is Cn1c(=O)c2cc3c(=O)n(C)c(=O)c3cc2c1=O.c1ccccc1. The molecule has 0 aliphatic heterocycles. The molecule has 6 heteroatoms. The minimum absolute atomic E-state index is 0.178. The second kappa shape index (κ2) is 5.73. The molecule has 4 aromatic rings. The smallest absolute Gasteiger partial charge is 0.261 e. The van der Waals surface area contributed by atoms with Gasteiger partial charge in [-0.1, -0.05) is 36.4 Å². The highest BCUT2D eigenvalue weighted by atomic mass is 16.2. The molecular formula is C18H14N2O4. The molecule has 2 aromatic heterocycles. The summed E-state index contributed by atoms with van der Waals surface area (Å²) in [5.41, 5.74) is -1.81. The summed E-state index contributed by atoms with van der Waals surface area (Å²) in [7, 11) is 2.73. The lowest BCUT2D eigenvalue weighted by Gasteiger charge is -1.86. The summed E-state index contributed by atoms with van der Waals surface area (Å²) < 4.78 is 1.94. The van der Waals surface area contributed by atoms with Gasteiger partial charge in [0.25, 0.3) is 22.2 Å². The maximum absolute atomic E-state index is 11.8. The first kappa shape index (κ1) is 15.6. The molecule has 6 nitrogen and oxygen atoms in total. The van der Waals surface area contributed by atoms with Crippen LogP contribution >= 0.6 is 0 Å². The number of aromatic nitrogens is 2. The molecule has 0 unspecified atom stereocenters. The van der Waals surface area contributed by atoms with E-state index in [4.69, 9.17) is 0 Å². The molecule has 0 saturated carbocycles. The quantitative estimate of drug-likeness (QED) is 0.477. The van der Waals surface area contributed by atoms with Gasteiger partial charge in [-0.2, -0.15) is 0 Å². The van der Waals surface area contributed by atoms with E-state index in [-0.39, 0.29) is 21.5 Å². The number of rotatable bonds is 0. The second-order valence-electron chi connectivity index (χ2n) is 5.44. The van der Waals surface area contributed by atoms with E-state index in [0.717, 1.165) is 9.13 Å². The lowest BCUT2D eigenvalue weighted by molar-refractivity contribution is 0.854. The average molecular weight is 322 g/mol. The molecule has 0 radical (unpaired) electrons. The van der Waals surface area contributed by atoms with Crippen molar-refractivity contribution >= 4 is 21.5 Å². The summed E-state index contributed by atoms with van der Waals surface area (Å²) in [5, 5.41) is 0.714. The van der Waals surface area contributed by atoms with E-state index in [1.165, 1.54) is 26.2 Å². The maximum atomic E-state index is 11.8. The monoisotopic (exact) mass is 322 g/mol. The highest BCUT2D eigenvalue weighted by molar-refractivity contribution is 5.97. The zero-order valence-electron chi connectivity index (χ0n) is 13.1. The van der Waals surface area contributed by atoms with Crippen molar-refractivity contribution in [1.29, 1.82) is 0 Å². The van der Waals surface area contributed by atoms with Crippen LogP contribution in [0, 0.1) is 0 Å². The van der Waals surface area contributed by atoms with Crippen LogP contribution in [0.15, 0.2) is 67.7 Å². The molecule has 0 saturated heterocycles. The lowest BCUT2D eigenvalue weighted by Crippen LogP contribution is -2.21. The standard InChI is InChI=1S/C12H8N2O4.C6H6/c1-13-9(15)5-3-7-8(4-6(5)10(13)16)12(18)14(2)11(7)17;1-2-4-6-5-3-1/h3-4H,1-2H3;1-6H. The van der Waals surface area contributed by atoms with E-state index in [0.29, 0.717) is 0 Å². The van der Waals surface area contributed by atoms with E-state index in [2.05, 4.69) is 0 Å². The third-order valence-electron chi connectivity index (χ3n) is 3.96. The predicted molar refractivity (Wildman–Crippen MR) is 93.3 cm³/mol. The van der Waals surface area contributed by atoms with Crippen molar-refractivity contribution < 1.29 is 0 Å². The van der Waals surface area contributed by atoms with Gasteiger partial charge in [0.15, 0.2) is 0 Å². The van der Waals surface area contributed by atoms with Crippen LogP contribution in [-0.4, -0.2) is 9.13 Å². The van der Waals surface area contributed by atoms with Gasteiger partial charge in [0, 0.05) is 14.1 Å². The Hall–Kier alpha value is -3.28. The van der Waals surface area contributed by atoms with Crippen LogP contribution in [0.2, 0.25) is 0 Å². The van der Waals surface area contributed by atoms with Gasteiger partial charge in [-0.25, -0.2) is 0 Å². The lowest BCUT2D eigenvalue weighted by atomic mass is 10.1.